The monoisotopic (exact) mass is 300 g/mol. The van der Waals surface area contributed by atoms with E-state index in [9.17, 15) is 52.7 Å². The van der Waals surface area contributed by atoms with E-state index in [1.165, 1.54) is 0 Å². The van der Waals surface area contributed by atoms with Gasteiger partial charge in [0.25, 0.3) is 5.41 Å². The van der Waals surface area contributed by atoms with Gasteiger partial charge in [0.15, 0.2) is 0 Å². The number of hydrogen-bond donors (Lipinski definition) is 0. The molecule has 1 aliphatic rings. The van der Waals surface area contributed by atoms with Gasteiger partial charge in [-0.2, -0.15) is 52.7 Å². The summed E-state index contributed by atoms with van der Waals surface area (Å²) in [6.07, 6.45) is -14.6. The Bertz CT molecular complexity index is 322. The molecule has 0 aromatic heterocycles. The Kier molecular flexibility index (Phi) is 2.54. The van der Waals surface area contributed by atoms with Gasteiger partial charge in [-0.15, -0.1) is 0 Å². The van der Waals surface area contributed by atoms with Crippen LogP contribution in [-0.4, -0.2) is 30.1 Å². The van der Waals surface area contributed by atoms with E-state index >= 15 is 0 Å². The molecule has 0 atom stereocenters. The SMILES string of the molecule is FC(F)(F)C1(C(F)(F)F)C(F)(F)C(F)(F)C1(F)F. The van der Waals surface area contributed by atoms with Gasteiger partial charge < -0.3 is 0 Å². The van der Waals surface area contributed by atoms with Crippen LogP contribution in [0.5, 0.6) is 0 Å². The Morgan fingerprint density at radius 1 is 0.444 bits per heavy atom. The van der Waals surface area contributed by atoms with Gasteiger partial charge in [0, 0.05) is 0 Å². The van der Waals surface area contributed by atoms with E-state index in [1.807, 2.05) is 0 Å². The van der Waals surface area contributed by atoms with E-state index in [4.69, 9.17) is 0 Å². The summed E-state index contributed by atoms with van der Waals surface area (Å²) < 4.78 is 146. The van der Waals surface area contributed by atoms with Crippen LogP contribution in [0.2, 0.25) is 0 Å². The number of alkyl halides is 12. The van der Waals surface area contributed by atoms with E-state index in [2.05, 4.69) is 0 Å². The van der Waals surface area contributed by atoms with Crippen molar-refractivity contribution in [2.45, 2.75) is 30.1 Å². The topological polar surface area (TPSA) is 0 Å². The van der Waals surface area contributed by atoms with Gasteiger partial charge in [-0.05, 0) is 0 Å². The number of hydrogen-bond acceptors (Lipinski definition) is 0. The summed E-state index contributed by atoms with van der Waals surface area (Å²) in [7, 11) is 0. The van der Waals surface area contributed by atoms with Gasteiger partial charge in [0.05, 0.1) is 0 Å². The van der Waals surface area contributed by atoms with Crippen LogP contribution in [0.15, 0.2) is 0 Å². The first-order valence-electron chi connectivity index (χ1n) is 3.77. The van der Waals surface area contributed by atoms with Gasteiger partial charge in [-0.1, -0.05) is 0 Å². The molecular formula is C6F12. The van der Waals surface area contributed by atoms with E-state index in [0.29, 0.717) is 0 Å². The van der Waals surface area contributed by atoms with Crippen molar-refractivity contribution in [2.75, 3.05) is 0 Å². The lowest BCUT2D eigenvalue weighted by atomic mass is 9.57. The largest absolute Gasteiger partial charge is 0.415 e. The Labute approximate surface area is 89.5 Å². The second-order valence-electron chi connectivity index (χ2n) is 3.47. The van der Waals surface area contributed by atoms with Crippen molar-refractivity contribution in [2.24, 2.45) is 5.41 Å². The molecule has 1 aliphatic carbocycles. The molecule has 0 aliphatic heterocycles. The van der Waals surface area contributed by atoms with Crippen molar-refractivity contribution in [1.29, 1.82) is 0 Å². The molecule has 0 heterocycles. The lowest BCUT2D eigenvalue weighted by molar-refractivity contribution is -0.574. The van der Waals surface area contributed by atoms with Crippen LogP contribution in [-0.2, 0) is 0 Å². The summed E-state index contributed by atoms with van der Waals surface area (Å²) in [5.74, 6) is -20.7. The maximum absolute atomic E-state index is 12.5. The summed E-state index contributed by atoms with van der Waals surface area (Å²) in [6, 6.07) is 0. The lowest BCUT2D eigenvalue weighted by Gasteiger charge is -2.58. The van der Waals surface area contributed by atoms with Gasteiger partial charge in [-0.25, -0.2) is 0 Å². The minimum absolute atomic E-state index is 6.74. The van der Waals surface area contributed by atoms with Gasteiger partial charge >= 0.3 is 30.1 Å². The van der Waals surface area contributed by atoms with Gasteiger partial charge in [0.2, 0.25) is 0 Å². The third-order valence-corrected chi connectivity index (χ3v) is 2.58. The van der Waals surface area contributed by atoms with Crippen LogP contribution in [0.3, 0.4) is 0 Å². The van der Waals surface area contributed by atoms with Crippen LogP contribution < -0.4 is 0 Å². The zero-order valence-electron chi connectivity index (χ0n) is 7.54. The molecule has 1 rings (SSSR count). The maximum atomic E-state index is 12.5. The molecule has 12 heteroatoms. The summed E-state index contributed by atoms with van der Waals surface area (Å²) in [4.78, 5) is 0. The fraction of sp³-hybridized carbons (Fsp3) is 1.00. The maximum Gasteiger partial charge on any atom is 0.415 e. The predicted molar refractivity (Wildman–Crippen MR) is 29.4 cm³/mol. The Morgan fingerprint density at radius 2 is 0.667 bits per heavy atom. The molecular weight excluding hydrogens is 300 g/mol. The third kappa shape index (κ3) is 1.08. The van der Waals surface area contributed by atoms with Crippen LogP contribution in [0.4, 0.5) is 52.7 Å². The average molecular weight is 300 g/mol. The molecule has 0 radical (unpaired) electrons. The average Bonchev–Trinajstić information content (AvgIpc) is 1.95. The quantitative estimate of drug-likeness (QED) is 0.593. The standard InChI is InChI=1S/C6F12/c7-2(8)1(5(13,14)15,6(16,17)18)3(9,10)4(2,11)12. The molecule has 0 saturated heterocycles. The molecule has 0 spiro atoms. The zero-order valence-corrected chi connectivity index (χ0v) is 7.54. The first-order valence-corrected chi connectivity index (χ1v) is 3.77. The molecule has 0 aromatic carbocycles. The van der Waals surface area contributed by atoms with Crippen molar-refractivity contribution in [3.63, 3.8) is 0 Å². The molecule has 18 heavy (non-hydrogen) atoms. The summed E-state index contributed by atoms with van der Waals surface area (Å²) in [6.45, 7) is 0. The van der Waals surface area contributed by atoms with E-state index in [0.717, 1.165) is 0 Å². The molecule has 0 N–H and O–H groups in total. The van der Waals surface area contributed by atoms with Crippen LogP contribution in [0, 0.1) is 5.41 Å². The zero-order chi connectivity index (χ0) is 15.0. The van der Waals surface area contributed by atoms with Gasteiger partial charge in [-0.3, -0.25) is 0 Å². The van der Waals surface area contributed by atoms with Crippen molar-refractivity contribution in [1.82, 2.24) is 0 Å². The molecule has 0 bridgehead atoms. The highest BCUT2D eigenvalue weighted by molar-refractivity contribution is 5.30. The molecule has 0 unspecified atom stereocenters. The minimum Gasteiger partial charge on any atom is -0.198 e. The predicted octanol–water partition coefficient (Wildman–Crippen LogP) is 4.02. The lowest BCUT2D eigenvalue weighted by Crippen LogP contribution is -2.89. The number of rotatable bonds is 0. The summed E-state index contributed by atoms with van der Waals surface area (Å²) >= 11 is 0. The van der Waals surface area contributed by atoms with Crippen molar-refractivity contribution >= 4 is 0 Å². The molecule has 108 valence electrons. The van der Waals surface area contributed by atoms with Gasteiger partial charge in [0.1, 0.15) is 0 Å². The highest BCUT2D eigenvalue weighted by Gasteiger charge is 3.11. The molecule has 0 amide bonds. The van der Waals surface area contributed by atoms with Crippen molar-refractivity contribution < 1.29 is 52.7 Å². The fourth-order valence-corrected chi connectivity index (χ4v) is 1.68. The Balaban J connectivity index is 3.69. The van der Waals surface area contributed by atoms with Crippen LogP contribution in [0.25, 0.3) is 0 Å². The normalized spacial score (nSPS) is 28.7. The summed E-state index contributed by atoms with van der Waals surface area (Å²) in [5, 5.41) is 0. The Morgan fingerprint density at radius 3 is 0.778 bits per heavy atom. The Hall–Kier alpha value is -0.840. The molecule has 0 nitrogen and oxygen atoms in total. The van der Waals surface area contributed by atoms with E-state index in [-0.39, 0.29) is 0 Å². The number of halogens is 12. The van der Waals surface area contributed by atoms with Crippen molar-refractivity contribution in [3.8, 4) is 0 Å². The molecule has 1 fully saturated rings. The summed E-state index contributed by atoms with van der Waals surface area (Å²) in [5.41, 5.74) is -7.09. The highest BCUT2D eigenvalue weighted by Crippen LogP contribution is 2.80. The second-order valence-corrected chi connectivity index (χ2v) is 3.47. The minimum atomic E-state index is -7.31. The smallest absolute Gasteiger partial charge is 0.198 e. The fourth-order valence-electron chi connectivity index (χ4n) is 1.68. The second kappa shape index (κ2) is 3.00. The van der Waals surface area contributed by atoms with Crippen molar-refractivity contribution in [3.05, 3.63) is 0 Å². The van der Waals surface area contributed by atoms with E-state index < -0.39 is 35.5 Å². The molecule has 0 aromatic rings. The highest BCUT2D eigenvalue weighted by atomic mass is 19.4. The first-order chi connectivity index (χ1) is 7.50. The van der Waals surface area contributed by atoms with E-state index in [1.54, 1.807) is 0 Å². The van der Waals surface area contributed by atoms with Crippen LogP contribution in [0.1, 0.15) is 0 Å². The first kappa shape index (κ1) is 15.2. The van der Waals surface area contributed by atoms with Crippen LogP contribution >= 0.6 is 0 Å². The third-order valence-electron chi connectivity index (χ3n) is 2.58. The molecule has 1 saturated carbocycles.